The average Bonchev–Trinajstić information content (AvgIpc) is 3.08. The van der Waals surface area contributed by atoms with Crippen molar-refractivity contribution < 1.29 is 9.59 Å². The van der Waals surface area contributed by atoms with Crippen LogP contribution in [0.1, 0.15) is 23.1 Å². The molecule has 1 aromatic heterocycles. The zero-order chi connectivity index (χ0) is 20.5. The highest BCUT2D eigenvalue weighted by Gasteiger charge is 2.30. The van der Waals surface area contributed by atoms with Crippen molar-refractivity contribution in [2.45, 2.75) is 33.7 Å². The number of benzene rings is 2. The van der Waals surface area contributed by atoms with E-state index >= 15 is 0 Å². The molecular weight excluding hydrogens is 364 g/mol. The standard InChI is InChI=1S/C23H24N4O2/c1-14-9-15(2)21(16(3)10-14)25-20(28)11-18-13-27-22(26-23(18)29)19(12-24-27)17-7-5-4-6-8-17/h4-10,12,18H,11,13H2,1-3H3,(H,25,28)(H,26,29). The van der Waals surface area contributed by atoms with Gasteiger partial charge < -0.3 is 10.6 Å². The summed E-state index contributed by atoms with van der Waals surface area (Å²) in [5.74, 6) is -0.0954. The van der Waals surface area contributed by atoms with E-state index in [2.05, 4.69) is 15.7 Å². The fourth-order valence-electron chi connectivity index (χ4n) is 3.94. The summed E-state index contributed by atoms with van der Waals surface area (Å²) in [7, 11) is 0. The number of hydrogen-bond acceptors (Lipinski definition) is 3. The molecule has 1 aliphatic heterocycles. The van der Waals surface area contributed by atoms with E-state index in [1.165, 1.54) is 0 Å². The van der Waals surface area contributed by atoms with E-state index in [9.17, 15) is 9.59 Å². The quantitative estimate of drug-likeness (QED) is 0.707. The van der Waals surface area contributed by atoms with Crippen molar-refractivity contribution in [2.75, 3.05) is 10.6 Å². The van der Waals surface area contributed by atoms with E-state index < -0.39 is 5.92 Å². The molecule has 1 aliphatic rings. The zero-order valence-corrected chi connectivity index (χ0v) is 16.8. The molecule has 1 atom stereocenters. The predicted molar refractivity (Wildman–Crippen MR) is 114 cm³/mol. The number of nitrogens with zero attached hydrogens (tertiary/aromatic N) is 2. The molecule has 2 heterocycles. The van der Waals surface area contributed by atoms with Crippen molar-refractivity contribution >= 4 is 23.3 Å². The molecule has 148 valence electrons. The number of hydrogen-bond donors (Lipinski definition) is 2. The van der Waals surface area contributed by atoms with E-state index in [0.29, 0.717) is 12.4 Å². The van der Waals surface area contributed by atoms with Crippen molar-refractivity contribution in [2.24, 2.45) is 5.92 Å². The Morgan fingerprint density at radius 1 is 1.17 bits per heavy atom. The summed E-state index contributed by atoms with van der Waals surface area (Å²) < 4.78 is 1.77. The maximum atomic E-state index is 12.7. The number of carbonyl (C=O) groups is 2. The summed E-state index contributed by atoms with van der Waals surface area (Å²) >= 11 is 0. The molecule has 6 nitrogen and oxygen atoms in total. The Morgan fingerprint density at radius 3 is 2.55 bits per heavy atom. The first-order valence-electron chi connectivity index (χ1n) is 9.72. The molecule has 4 rings (SSSR count). The molecule has 2 amide bonds. The molecule has 29 heavy (non-hydrogen) atoms. The highest BCUT2D eigenvalue weighted by atomic mass is 16.2. The van der Waals surface area contributed by atoms with Crippen LogP contribution in [0.15, 0.2) is 48.7 Å². The highest BCUT2D eigenvalue weighted by molar-refractivity contribution is 6.01. The lowest BCUT2D eigenvalue weighted by Crippen LogP contribution is -2.36. The second-order valence-electron chi connectivity index (χ2n) is 7.67. The smallest absolute Gasteiger partial charge is 0.231 e. The van der Waals surface area contributed by atoms with Crippen LogP contribution in [0, 0.1) is 26.7 Å². The molecule has 2 N–H and O–H groups in total. The molecule has 0 aliphatic carbocycles. The number of rotatable bonds is 4. The second kappa shape index (κ2) is 7.54. The lowest BCUT2D eigenvalue weighted by molar-refractivity contribution is -0.125. The molecule has 0 bridgehead atoms. The predicted octanol–water partition coefficient (Wildman–Crippen LogP) is 4.07. The Morgan fingerprint density at radius 2 is 1.86 bits per heavy atom. The van der Waals surface area contributed by atoms with Crippen molar-refractivity contribution in [1.82, 2.24) is 9.78 Å². The van der Waals surface area contributed by atoms with Gasteiger partial charge in [-0.25, -0.2) is 4.68 Å². The summed E-state index contributed by atoms with van der Waals surface area (Å²) in [6, 6.07) is 13.9. The van der Waals surface area contributed by atoms with Crippen LogP contribution in [0.4, 0.5) is 11.5 Å². The van der Waals surface area contributed by atoms with Crippen molar-refractivity contribution in [3.63, 3.8) is 0 Å². The van der Waals surface area contributed by atoms with Crippen LogP contribution in [-0.4, -0.2) is 21.6 Å². The average molecular weight is 388 g/mol. The monoisotopic (exact) mass is 388 g/mol. The molecule has 0 spiro atoms. The Balaban J connectivity index is 1.49. The Kier molecular flexibility index (Phi) is 4.92. The minimum atomic E-state index is -0.461. The van der Waals surface area contributed by atoms with Gasteiger partial charge in [-0.1, -0.05) is 48.0 Å². The minimum absolute atomic E-state index is 0.110. The number of aromatic nitrogens is 2. The van der Waals surface area contributed by atoms with Crippen molar-refractivity contribution in [3.05, 3.63) is 65.4 Å². The van der Waals surface area contributed by atoms with Crippen molar-refractivity contribution in [3.8, 4) is 11.1 Å². The van der Waals surface area contributed by atoms with Gasteiger partial charge in [-0.2, -0.15) is 5.10 Å². The number of nitrogens with one attached hydrogen (secondary N) is 2. The van der Waals surface area contributed by atoms with Gasteiger partial charge in [0.05, 0.1) is 18.7 Å². The van der Waals surface area contributed by atoms with Crippen LogP contribution in [0.2, 0.25) is 0 Å². The maximum absolute atomic E-state index is 12.7. The first-order valence-corrected chi connectivity index (χ1v) is 9.72. The number of aryl methyl sites for hydroxylation is 3. The molecule has 0 saturated heterocycles. The number of amides is 2. The molecular formula is C23H24N4O2. The van der Waals surface area contributed by atoms with Crippen LogP contribution in [0.25, 0.3) is 11.1 Å². The van der Waals surface area contributed by atoms with E-state index in [4.69, 9.17) is 0 Å². The van der Waals surface area contributed by atoms with Crippen LogP contribution >= 0.6 is 0 Å². The lowest BCUT2D eigenvalue weighted by Gasteiger charge is -2.24. The van der Waals surface area contributed by atoms with E-state index in [1.54, 1.807) is 10.9 Å². The summed E-state index contributed by atoms with van der Waals surface area (Å²) in [5, 5.41) is 10.3. The topological polar surface area (TPSA) is 76.0 Å². The van der Waals surface area contributed by atoms with Gasteiger partial charge in [0, 0.05) is 17.7 Å². The molecule has 2 aromatic carbocycles. The lowest BCUT2D eigenvalue weighted by atomic mass is 10.0. The summed E-state index contributed by atoms with van der Waals surface area (Å²) in [4.78, 5) is 25.3. The maximum Gasteiger partial charge on any atom is 0.231 e. The minimum Gasteiger partial charge on any atom is -0.326 e. The fourth-order valence-corrected chi connectivity index (χ4v) is 3.94. The Bertz CT molecular complexity index is 1060. The third-order valence-electron chi connectivity index (χ3n) is 5.30. The number of anilines is 2. The molecule has 1 unspecified atom stereocenters. The Labute approximate surface area is 169 Å². The molecule has 0 fully saturated rings. The molecule has 0 saturated carbocycles. The van der Waals surface area contributed by atoms with Crippen LogP contribution in [0.3, 0.4) is 0 Å². The van der Waals surface area contributed by atoms with E-state index in [1.807, 2.05) is 63.2 Å². The fraction of sp³-hybridized carbons (Fsp3) is 0.261. The SMILES string of the molecule is Cc1cc(C)c(NC(=O)CC2Cn3ncc(-c4ccccc4)c3NC2=O)c(C)c1. The largest absolute Gasteiger partial charge is 0.326 e. The normalized spacial score (nSPS) is 15.6. The van der Waals surface area contributed by atoms with Crippen LogP contribution in [-0.2, 0) is 16.1 Å². The third kappa shape index (κ3) is 3.78. The van der Waals surface area contributed by atoms with Gasteiger partial charge in [0.15, 0.2) is 0 Å². The summed E-state index contributed by atoms with van der Waals surface area (Å²) in [6.45, 7) is 6.37. The molecule has 0 radical (unpaired) electrons. The van der Waals surface area contributed by atoms with Gasteiger partial charge in [0.2, 0.25) is 11.8 Å². The first-order chi connectivity index (χ1) is 13.9. The van der Waals surface area contributed by atoms with Gasteiger partial charge in [-0.15, -0.1) is 0 Å². The number of fused-ring (bicyclic) bond motifs is 1. The highest BCUT2D eigenvalue weighted by Crippen LogP contribution is 2.32. The van der Waals surface area contributed by atoms with Gasteiger partial charge in [0.25, 0.3) is 0 Å². The zero-order valence-electron chi connectivity index (χ0n) is 16.8. The van der Waals surface area contributed by atoms with E-state index in [-0.39, 0.29) is 18.2 Å². The van der Waals surface area contributed by atoms with Crippen LogP contribution in [0.5, 0.6) is 0 Å². The van der Waals surface area contributed by atoms with E-state index in [0.717, 1.165) is 33.5 Å². The Hall–Kier alpha value is -3.41. The van der Waals surface area contributed by atoms with Gasteiger partial charge in [-0.05, 0) is 37.5 Å². The first kappa shape index (κ1) is 18.9. The van der Waals surface area contributed by atoms with Gasteiger partial charge in [-0.3, -0.25) is 9.59 Å². The second-order valence-corrected chi connectivity index (χ2v) is 7.67. The third-order valence-corrected chi connectivity index (χ3v) is 5.30. The number of carbonyl (C=O) groups excluding carboxylic acids is 2. The van der Waals surface area contributed by atoms with Gasteiger partial charge >= 0.3 is 0 Å². The van der Waals surface area contributed by atoms with Crippen LogP contribution < -0.4 is 10.6 Å². The molecule has 3 aromatic rings. The molecule has 6 heteroatoms. The summed E-state index contributed by atoms with van der Waals surface area (Å²) in [6.07, 6.45) is 1.87. The van der Waals surface area contributed by atoms with Crippen molar-refractivity contribution in [1.29, 1.82) is 0 Å². The summed E-state index contributed by atoms with van der Waals surface area (Å²) in [5.41, 5.74) is 5.90. The van der Waals surface area contributed by atoms with Gasteiger partial charge in [0.1, 0.15) is 5.82 Å².